The molecule has 3 aromatic heterocycles. The lowest BCUT2D eigenvalue weighted by Gasteiger charge is -2.10. The van der Waals surface area contributed by atoms with Crippen LogP contribution in [0.4, 0.5) is 0 Å². The van der Waals surface area contributed by atoms with Gasteiger partial charge in [-0.15, -0.1) is 0 Å². The zero-order valence-electron chi connectivity index (χ0n) is 17.6. The summed E-state index contributed by atoms with van der Waals surface area (Å²) in [7, 11) is -0.587. The minimum atomic E-state index is -0.587. The predicted molar refractivity (Wildman–Crippen MR) is 122 cm³/mol. The number of nitrogens with zero attached hydrogens (tertiary/aromatic N) is 4. The van der Waals surface area contributed by atoms with E-state index in [2.05, 4.69) is 28.2 Å². The van der Waals surface area contributed by atoms with Crippen LogP contribution in [-0.2, 0) is 11.5 Å². The standard InChI is InChI=1S/C23H26N4O2Si/c1-17-4-5-18-14-20(7-8-21(18)26-17)29-23-9-6-19(15-24-23)22-10-11-25-27(22)16-28-12-13-30(2)3/h4-11,14-15,30H,12-13,16H2,1-3H3. The first-order chi connectivity index (χ1) is 14.6. The van der Waals surface area contributed by atoms with E-state index in [1.165, 1.54) is 6.04 Å². The van der Waals surface area contributed by atoms with Crippen LogP contribution in [0.15, 0.2) is 60.9 Å². The number of benzene rings is 1. The first-order valence-corrected chi connectivity index (χ1v) is 13.3. The zero-order valence-corrected chi connectivity index (χ0v) is 18.7. The summed E-state index contributed by atoms with van der Waals surface area (Å²) in [5.41, 5.74) is 3.90. The van der Waals surface area contributed by atoms with E-state index in [4.69, 9.17) is 9.47 Å². The van der Waals surface area contributed by atoms with Crippen molar-refractivity contribution in [3.63, 3.8) is 0 Å². The number of pyridine rings is 2. The molecule has 7 heteroatoms. The Bertz CT molecular complexity index is 1130. The molecule has 0 saturated carbocycles. The fraction of sp³-hybridized carbons (Fsp3) is 0.261. The second-order valence-corrected chi connectivity index (χ2v) is 11.1. The molecule has 6 nitrogen and oxygen atoms in total. The Morgan fingerprint density at radius 1 is 1.03 bits per heavy atom. The molecule has 4 aromatic rings. The van der Waals surface area contributed by atoms with E-state index in [1.807, 2.05) is 60.1 Å². The monoisotopic (exact) mass is 418 g/mol. The third kappa shape index (κ3) is 4.92. The number of rotatable bonds is 8. The smallest absolute Gasteiger partial charge is 0.219 e. The van der Waals surface area contributed by atoms with Crippen molar-refractivity contribution in [2.24, 2.45) is 0 Å². The summed E-state index contributed by atoms with van der Waals surface area (Å²) in [6.07, 6.45) is 3.58. The normalized spacial score (nSPS) is 11.3. The van der Waals surface area contributed by atoms with E-state index in [9.17, 15) is 0 Å². The van der Waals surface area contributed by atoms with Crippen molar-refractivity contribution in [3.05, 3.63) is 66.6 Å². The van der Waals surface area contributed by atoms with E-state index in [0.29, 0.717) is 12.6 Å². The van der Waals surface area contributed by atoms with Gasteiger partial charge >= 0.3 is 0 Å². The van der Waals surface area contributed by atoms with Crippen molar-refractivity contribution < 1.29 is 9.47 Å². The number of hydrogen-bond acceptors (Lipinski definition) is 5. The maximum absolute atomic E-state index is 5.94. The summed E-state index contributed by atoms with van der Waals surface area (Å²) in [5.74, 6) is 1.28. The fourth-order valence-corrected chi connectivity index (χ4v) is 3.77. The lowest BCUT2D eigenvalue weighted by atomic mass is 10.2. The molecule has 0 bridgehead atoms. The highest BCUT2D eigenvalue weighted by Crippen LogP contribution is 2.26. The Morgan fingerprint density at radius 3 is 2.73 bits per heavy atom. The highest BCUT2D eigenvalue weighted by Gasteiger charge is 2.08. The van der Waals surface area contributed by atoms with Gasteiger partial charge < -0.3 is 9.47 Å². The molecule has 4 rings (SSSR count). The van der Waals surface area contributed by atoms with Crippen molar-refractivity contribution in [2.45, 2.75) is 32.8 Å². The van der Waals surface area contributed by atoms with Gasteiger partial charge in [0.1, 0.15) is 12.5 Å². The molecule has 30 heavy (non-hydrogen) atoms. The molecule has 0 aliphatic carbocycles. The summed E-state index contributed by atoms with van der Waals surface area (Å²) in [6, 6.07) is 16.9. The maximum Gasteiger partial charge on any atom is 0.219 e. The van der Waals surface area contributed by atoms with Crippen molar-refractivity contribution in [2.75, 3.05) is 6.61 Å². The van der Waals surface area contributed by atoms with E-state index in [-0.39, 0.29) is 0 Å². The van der Waals surface area contributed by atoms with Crippen LogP contribution in [-0.4, -0.2) is 35.2 Å². The second-order valence-electron chi connectivity index (χ2n) is 7.73. The lowest BCUT2D eigenvalue weighted by Crippen LogP contribution is -2.10. The Labute approximate surface area is 178 Å². The molecule has 0 N–H and O–H groups in total. The molecule has 0 amide bonds. The number of fused-ring (bicyclic) bond motifs is 1. The van der Waals surface area contributed by atoms with Crippen LogP contribution in [0.2, 0.25) is 19.1 Å². The second kappa shape index (κ2) is 9.19. The van der Waals surface area contributed by atoms with Gasteiger partial charge in [0.15, 0.2) is 0 Å². The third-order valence-electron chi connectivity index (χ3n) is 4.82. The first-order valence-electron chi connectivity index (χ1n) is 10.2. The summed E-state index contributed by atoms with van der Waals surface area (Å²) >= 11 is 0. The fourth-order valence-electron chi connectivity index (χ4n) is 3.13. The highest BCUT2D eigenvalue weighted by atomic mass is 28.3. The Morgan fingerprint density at radius 2 is 1.93 bits per heavy atom. The maximum atomic E-state index is 5.94. The molecule has 0 saturated heterocycles. The highest BCUT2D eigenvalue weighted by molar-refractivity contribution is 6.55. The summed E-state index contributed by atoms with van der Waals surface area (Å²) in [6.45, 7) is 7.88. The molecule has 0 aliphatic rings. The molecular weight excluding hydrogens is 392 g/mol. The molecule has 1 aromatic carbocycles. The molecular formula is C23H26N4O2Si. The van der Waals surface area contributed by atoms with Crippen LogP contribution in [0.3, 0.4) is 0 Å². The molecule has 0 spiro atoms. The minimum Gasteiger partial charge on any atom is -0.439 e. The van der Waals surface area contributed by atoms with Crippen molar-refractivity contribution in [1.82, 2.24) is 19.7 Å². The molecule has 0 unspecified atom stereocenters. The van der Waals surface area contributed by atoms with Crippen LogP contribution in [0.25, 0.3) is 22.2 Å². The van der Waals surface area contributed by atoms with Gasteiger partial charge in [-0.3, -0.25) is 4.98 Å². The molecule has 0 radical (unpaired) electrons. The average molecular weight is 419 g/mol. The van der Waals surface area contributed by atoms with Gasteiger partial charge in [0.2, 0.25) is 5.88 Å². The number of aromatic nitrogens is 4. The molecule has 154 valence electrons. The Kier molecular flexibility index (Phi) is 6.20. The van der Waals surface area contributed by atoms with Crippen LogP contribution >= 0.6 is 0 Å². The number of aryl methyl sites for hydroxylation is 1. The Hall–Kier alpha value is -3.03. The van der Waals surface area contributed by atoms with E-state index in [1.54, 1.807) is 12.4 Å². The van der Waals surface area contributed by atoms with Gasteiger partial charge in [0, 0.05) is 50.5 Å². The van der Waals surface area contributed by atoms with Crippen LogP contribution in [0.5, 0.6) is 11.6 Å². The van der Waals surface area contributed by atoms with Crippen molar-refractivity contribution in [3.8, 4) is 22.9 Å². The first kappa shape index (κ1) is 20.2. The average Bonchev–Trinajstić information content (AvgIpc) is 3.20. The minimum absolute atomic E-state index is 0.451. The molecule has 0 fully saturated rings. The summed E-state index contributed by atoms with van der Waals surface area (Å²) in [4.78, 5) is 8.99. The van der Waals surface area contributed by atoms with E-state index < -0.39 is 8.80 Å². The van der Waals surface area contributed by atoms with Crippen molar-refractivity contribution >= 4 is 19.7 Å². The zero-order chi connectivity index (χ0) is 20.9. The van der Waals surface area contributed by atoms with Gasteiger partial charge in [0.25, 0.3) is 0 Å². The van der Waals surface area contributed by atoms with E-state index in [0.717, 1.165) is 40.2 Å². The molecule has 0 aliphatic heterocycles. The van der Waals surface area contributed by atoms with Gasteiger partial charge in [0.05, 0.1) is 11.2 Å². The van der Waals surface area contributed by atoms with Crippen LogP contribution in [0.1, 0.15) is 5.69 Å². The van der Waals surface area contributed by atoms with Crippen LogP contribution < -0.4 is 4.74 Å². The number of hydrogen-bond donors (Lipinski definition) is 0. The van der Waals surface area contributed by atoms with Gasteiger partial charge in [-0.1, -0.05) is 19.2 Å². The van der Waals surface area contributed by atoms with Gasteiger partial charge in [-0.2, -0.15) is 5.10 Å². The third-order valence-corrected chi connectivity index (χ3v) is 6.21. The van der Waals surface area contributed by atoms with Crippen molar-refractivity contribution in [1.29, 1.82) is 0 Å². The predicted octanol–water partition coefficient (Wildman–Crippen LogP) is 5.05. The summed E-state index contributed by atoms with van der Waals surface area (Å²) < 4.78 is 13.6. The topological polar surface area (TPSA) is 62.1 Å². The van der Waals surface area contributed by atoms with Gasteiger partial charge in [-0.25, -0.2) is 9.67 Å². The molecule has 0 atom stereocenters. The summed E-state index contributed by atoms with van der Waals surface area (Å²) in [5, 5.41) is 5.41. The van der Waals surface area contributed by atoms with Gasteiger partial charge in [-0.05, 0) is 49.4 Å². The Balaban J connectivity index is 1.43. The quantitative estimate of drug-likeness (QED) is 0.296. The molecule has 3 heterocycles. The lowest BCUT2D eigenvalue weighted by molar-refractivity contribution is 0.0801. The SMILES string of the molecule is Cc1ccc2cc(Oc3ccc(-c4ccnn4COCC[SiH](C)C)cn3)ccc2n1. The number of ether oxygens (including phenoxy) is 2. The largest absolute Gasteiger partial charge is 0.439 e. The van der Waals surface area contributed by atoms with Crippen LogP contribution in [0, 0.1) is 6.92 Å². The van der Waals surface area contributed by atoms with E-state index >= 15 is 0 Å².